The van der Waals surface area contributed by atoms with Crippen LogP contribution in [0.15, 0.2) is 24.3 Å². The zero-order chi connectivity index (χ0) is 11.7. The molecule has 3 rings (SSSR count). The normalized spacial score (nSPS) is 30.3. The summed E-state index contributed by atoms with van der Waals surface area (Å²) in [5.41, 5.74) is 0. The summed E-state index contributed by atoms with van der Waals surface area (Å²) < 4.78 is 0. The zero-order valence-corrected chi connectivity index (χ0v) is 11.3. The number of rotatable bonds is 5. The second-order valence-electron chi connectivity index (χ2n) is 5.39. The van der Waals surface area contributed by atoms with Crippen LogP contribution >= 0.6 is 11.3 Å². The van der Waals surface area contributed by atoms with Crippen LogP contribution < -0.4 is 5.32 Å². The lowest BCUT2D eigenvalue weighted by Gasteiger charge is -2.18. The molecule has 92 valence electrons. The average molecular weight is 247 g/mol. The molecule has 2 aliphatic carbocycles. The molecular formula is C15H21NS. The van der Waals surface area contributed by atoms with E-state index in [1.807, 2.05) is 11.3 Å². The third-order valence-electron chi connectivity index (χ3n) is 4.19. The van der Waals surface area contributed by atoms with Crippen molar-refractivity contribution in [3.63, 3.8) is 0 Å². The highest BCUT2D eigenvalue weighted by Crippen LogP contribution is 2.42. The monoisotopic (exact) mass is 247 g/mol. The summed E-state index contributed by atoms with van der Waals surface area (Å²) in [5, 5.41) is 3.64. The van der Waals surface area contributed by atoms with Crippen LogP contribution in [0.3, 0.4) is 0 Å². The fraction of sp³-hybridized carbons (Fsp3) is 0.600. The van der Waals surface area contributed by atoms with Crippen molar-refractivity contribution in [2.24, 2.45) is 17.8 Å². The Hall–Kier alpha value is -0.600. The minimum absolute atomic E-state index is 0.877. The molecule has 3 atom stereocenters. The molecule has 0 amide bonds. The summed E-state index contributed by atoms with van der Waals surface area (Å²) >= 11 is 1.95. The van der Waals surface area contributed by atoms with Gasteiger partial charge in [-0.3, -0.25) is 0 Å². The van der Waals surface area contributed by atoms with Crippen molar-refractivity contribution in [3.05, 3.63) is 34.0 Å². The molecular weight excluding hydrogens is 226 g/mol. The van der Waals surface area contributed by atoms with E-state index in [0.717, 1.165) is 24.3 Å². The van der Waals surface area contributed by atoms with Crippen molar-refractivity contribution in [2.45, 2.75) is 32.7 Å². The zero-order valence-electron chi connectivity index (χ0n) is 10.5. The van der Waals surface area contributed by atoms with Gasteiger partial charge in [-0.2, -0.15) is 0 Å². The van der Waals surface area contributed by atoms with E-state index in [4.69, 9.17) is 0 Å². The van der Waals surface area contributed by atoms with E-state index < -0.39 is 0 Å². The van der Waals surface area contributed by atoms with Gasteiger partial charge < -0.3 is 5.32 Å². The van der Waals surface area contributed by atoms with E-state index in [0.29, 0.717) is 0 Å². The first-order valence-electron chi connectivity index (χ1n) is 6.81. The Morgan fingerprint density at radius 2 is 2.12 bits per heavy atom. The summed E-state index contributed by atoms with van der Waals surface area (Å²) in [6.45, 7) is 4.48. The minimum Gasteiger partial charge on any atom is -0.312 e. The SMILES string of the molecule is CCc1ccc(CNCC2CC3C=CC2C3)s1. The van der Waals surface area contributed by atoms with Gasteiger partial charge in [-0.1, -0.05) is 19.1 Å². The molecule has 1 aromatic heterocycles. The first-order chi connectivity index (χ1) is 8.35. The van der Waals surface area contributed by atoms with Gasteiger partial charge in [-0.15, -0.1) is 11.3 Å². The molecule has 1 nitrogen and oxygen atoms in total. The smallest absolute Gasteiger partial charge is 0.0299 e. The van der Waals surface area contributed by atoms with Gasteiger partial charge in [-0.05, 0) is 55.7 Å². The van der Waals surface area contributed by atoms with Crippen molar-refractivity contribution in [1.29, 1.82) is 0 Å². The molecule has 0 aromatic carbocycles. The summed E-state index contributed by atoms with van der Waals surface area (Å²) in [7, 11) is 0. The predicted octanol–water partition coefficient (Wildman–Crippen LogP) is 3.61. The van der Waals surface area contributed by atoms with Gasteiger partial charge in [0.15, 0.2) is 0 Å². The highest BCUT2D eigenvalue weighted by Gasteiger charge is 2.34. The maximum atomic E-state index is 3.64. The fourth-order valence-corrected chi connectivity index (χ4v) is 4.14. The van der Waals surface area contributed by atoms with Gasteiger partial charge in [0.25, 0.3) is 0 Å². The van der Waals surface area contributed by atoms with Crippen molar-refractivity contribution >= 4 is 11.3 Å². The average Bonchev–Trinajstić information content (AvgIpc) is 3.04. The Labute approximate surface area is 108 Å². The first-order valence-corrected chi connectivity index (χ1v) is 7.63. The van der Waals surface area contributed by atoms with Crippen LogP contribution in [0.2, 0.25) is 0 Å². The third-order valence-corrected chi connectivity index (χ3v) is 5.42. The number of allylic oxidation sites excluding steroid dienone is 2. The van der Waals surface area contributed by atoms with Crippen LogP contribution in [0.25, 0.3) is 0 Å². The number of aryl methyl sites for hydroxylation is 1. The second kappa shape index (κ2) is 4.95. The summed E-state index contributed by atoms with van der Waals surface area (Å²) in [4.78, 5) is 2.99. The molecule has 0 aliphatic heterocycles. The Bertz CT molecular complexity index is 407. The Kier molecular flexibility index (Phi) is 3.34. The molecule has 0 spiro atoms. The molecule has 0 radical (unpaired) electrons. The van der Waals surface area contributed by atoms with Gasteiger partial charge >= 0.3 is 0 Å². The topological polar surface area (TPSA) is 12.0 Å². The van der Waals surface area contributed by atoms with Gasteiger partial charge in [0.05, 0.1) is 0 Å². The van der Waals surface area contributed by atoms with Crippen LogP contribution in [-0.2, 0) is 13.0 Å². The maximum absolute atomic E-state index is 3.64. The van der Waals surface area contributed by atoms with E-state index in [2.05, 4.69) is 36.5 Å². The largest absolute Gasteiger partial charge is 0.312 e. The number of fused-ring (bicyclic) bond motifs is 2. The minimum atomic E-state index is 0.877. The van der Waals surface area contributed by atoms with Gasteiger partial charge in [0, 0.05) is 16.3 Å². The van der Waals surface area contributed by atoms with Crippen LogP contribution in [0.5, 0.6) is 0 Å². The molecule has 1 fully saturated rings. The molecule has 1 saturated carbocycles. The van der Waals surface area contributed by atoms with Crippen LogP contribution in [0, 0.1) is 17.8 Å². The summed E-state index contributed by atoms with van der Waals surface area (Å²) in [5.74, 6) is 2.68. The summed E-state index contributed by atoms with van der Waals surface area (Å²) in [6.07, 6.45) is 8.88. The molecule has 1 aromatic rings. The van der Waals surface area contributed by atoms with E-state index in [-0.39, 0.29) is 0 Å². The van der Waals surface area contributed by atoms with Crippen LogP contribution in [-0.4, -0.2) is 6.54 Å². The van der Waals surface area contributed by atoms with Gasteiger partial charge in [0.1, 0.15) is 0 Å². The Morgan fingerprint density at radius 3 is 2.76 bits per heavy atom. The standard InChI is InChI=1S/C15H21NS/c1-2-14-5-6-15(17-14)10-16-9-13-8-11-3-4-12(13)7-11/h3-6,11-13,16H,2,7-10H2,1H3. The molecule has 1 N–H and O–H groups in total. The predicted molar refractivity (Wildman–Crippen MR) is 74.2 cm³/mol. The molecule has 2 aliphatic rings. The molecule has 0 saturated heterocycles. The lowest BCUT2D eigenvalue weighted by molar-refractivity contribution is 0.415. The van der Waals surface area contributed by atoms with Gasteiger partial charge in [0.2, 0.25) is 0 Å². The molecule has 2 heteroatoms. The number of nitrogens with one attached hydrogen (secondary N) is 1. The number of thiophene rings is 1. The third kappa shape index (κ3) is 2.48. The fourth-order valence-electron chi connectivity index (χ4n) is 3.22. The molecule has 17 heavy (non-hydrogen) atoms. The second-order valence-corrected chi connectivity index (χ2v) is 6.65. The summed E-state index contributed by atoms with van der Waals surface area (Å²) in [6, 6.07) is 4.54. The molecule has 1 heterocycles. The maximum Gasteiger partial charge on any atom is 0.0299 e. The van der Waals surface area contributed by atoms with Crippen LogP contribution in [0.1, 0.15) is 29.5 Å². The van der Waals surface area contributed by atoms with Crippen LogP contribution in [0.4, 0.5) is 0 Å². The highest BCUT2D eigenvalue weighted by molar-refractivity contribution is 7.11. The van der Waals surface area contributed by atoms with E-state index in [1.54, 1.807) is 0 Å². The first kappa shape index (κ1) is 11.5. The molecule has 3 unspecified atom stereocenters. The Morgan fingerprint density at radius 1 is 1.24 bits per heavy atom. The Balaban J connectivity index is 1.45. The lowest BCUT2D eigenvalue weighted by atomic mass is 9.94. The number of hydrogen-bond acceptors (Lipinski definition) is 2. The number of hydrogen-bond donors (Lipinski definition) is 1. The van der Waals surface area contributed by atoms with Gasteiger partial charge in [-0.25, -0.2) is 0 Å². The lowest BCUT2D eigenvalue weighted by Crippen LogP contribution is -2.24. The van der Waals surface area contributed by atoms with Crippen molar-refractivity contribution in [2.75, 3.05) is 6.54 Å². The van der Waals surface area contributed by atoms with E-state index in [1.165, 1.54) is 35.6 Å². The highest BCUT2D eigenvalue weighted by atomic mass is 32.1. The van der Waals surface area contributed by atoms with Crippen molar-refractivity contribution in [3.8, 4) is 0 Å². The van der Waals surface area contributed by atoms with Crippen molar-refractivity contribution in [1.82, 2.24) is 5.32 Å². The van der Waals surface area contributed by atoms with Crippen molar-refractivity contribution < 1.29 is 0 Å². The van der Waals surface area contributed by atoms with E-state index >= 15 is 0 Å². The molecule has 2 bridgehead atoms. The van der Waals surface area contributed by atoms with E-state index in [9.17, 15) is 0 Å². The quantitative estimate of drug-likeness (QED) is 0.784.